The molecule has 63 heavy (non-hydrogen) atoms. The summed E-state index contributed by atoms with van der Waals surface area (Å²) in [7, 11) is -3.09. The number of para-hydroxylation sites is 2. The standard InChI is InChI=1S/C58H38N4Si/c1-3-17-41(18-4-1)63(42-19-5-2-6-20-42,56-30-14-26-48-44-22-7-8-23-45(44)52-38-59-35-33-49(52)57(48)56)43-21-13-16-39(36-43)61-53-28-11-10-25-47(53)51-37-40(31-32-55(51)61)62-54-29-12-9-24-46(54)50-27-15-34-60-58(50)62/h1-38H. The molecule has 0 bridgehead atoms. The highest BCUT2D eigenvalue weighted by Gasteiger charge is 2.43. The zero-order chi connectivity index (χ0) is 41.5. The third kappa shape index (κ3) is 5.14. The lowest BCUT2D eigenvalue weighted by Gasteiger charge is -2.36. The number of fused-ring (bicyclic) bond motifs is 12. The molecule has 4 heterocycles. The molecule has 0 aliphatic rings. The Morgan fingerprint density at radius 2 is 0.889 bits per heavy atom. The summed E-state index contributed by atoms with van der Waals surface area (Å²) in [4.78, 5) is 9.58. The van der Waals surface area contributed by atoms with Gasteiger partial charge in [-0.05, 0) is 108 Å². The second-order valence-electron chi connectivity index (χ2n) is 16.5. The fraction of sp³-hybridized carbons (Fsp3) is 0. The van der Waals surface area contributed by atoms with E-state index < -0.39 is 8.07 Å². The van der Waals surface area contributed by atoms with Crippen LogP contribution in [0.25, 0.3) is 87.4 Å². The molecule has 0 fully saturated rings. The smallest absolute Gasteiger partial charge is 0.180 e. The molecule has 0 amide bonds. The summed E-state index contributed by atoms with van der Waals surface area (Å²) in [6, 6.07) is 78.6. The maximum atomic E-state index is 4.91. The lowest BCUT2D eigenvalue weighted by Crippen LogP contribution is -2.75. The van der Waals surface area contributed by atoms with Crippen LogP contribution in [0, 0.1) is 0 Å². The molecule has 0 saturated carbocycles. The molecule has 13 rings (SSSR count). The molecule has 4 nitrogen and oxygen atoms in total. The lowest BCUT2D eigenvalue weighted by atomic mass is 9.95. The SMILES string of the molecule is c1ccc([Si](c2ccccc2)(c2cccc(-n3c4ccccc4c4cc(-n5c6ccccc6c6cccnc65)ccc43)c2)c2cccc3c4ccccc4c4cnccc4c23)cc1. The van der Waals surface area contributed by atoms with Crippen molar-refractivity contribution in [2.45, 2.75) is 0 Å². The van der Waals surface area contributed by atoms with Gasteiger partial charge in [-0.2, -0.15) is 0 Å². The highest BCUT2D eigenvalue weighted by molar-refractivity contribution is 7.21. The molecule has 0 atom stereocenters. The van der Waals surface area contributed by atoms with Crippen molar-refractivity contribution in [1.82, 2.24) is 19.1 Å². The largest absolute Gasteiger partial charge is 0.309 e. The van der Waals surface area contributed by atoms with Crippen LogP contribution in [0.2, 0.25) is 0 Å². The van der Waals surface area contributed by atoms with Gasteiger partial charge in [-0.15, -0.1) is 0 Å². The Morgan fingerprint density at radius 3 is 1.65 bits per heavy atom. The molecule has 294 valence electrons. The van der Waals surface area contributed by atoms with E-state index in [9.17, 15) is 0 Å². The first-order valence-corrected chi connectivity index (χ1v) is 23.6. The van der Waals surface area contributed by atoms with Crippen LogP contribution in [0.1, 0.15) is 0 Å². The van der Waals surface area contributed by atoms with Crippen LogP contribution in [0.15, 0.2) is 231 Å². The predicted octanol–water partition coefficient (Wildman–Crippen LogP) is 11.5. The molecule has 0 radical (unpaired) electrons. The van der Waals surface area contributed by atoms with E-state index in [0.717, 1.165) is 33.4 Å². The molecule has 4 aromatic heterocycles. The number of rotatable bonds is 6. The second-order valence-corrected chi connectivity index (χ2v) is 20.3. The summed E-state index contributed by atoms with van der Waals surface area (Å²) >= 11 is 0. The normalized spacial score (nSPS) is 12.1. The molecule has 13 aromatic rings. The van der Waals surface area contributed by atoms with Gasteiger partial charge in [0.1, 0.15) is 5.65 Å². The summed E-state index contributed by atoms with van der Waals surface area (Å²) in [6.07, 6.45) is 5.89. The van der Waals surface area contributed by atoms with Crippen LogP contribution in [0.4, 0.5) is 0 Å². The van der Waals surface area contributed by atoms with Gasteiger partial charge in [-0.1, -0.05) is 152 Å². The van der Waals surface area contributed by atoms with Gasteiger partial charge in [0.05, 0.1) is 16.6 Å². The summed E-state index contributed by atoms with van der Waals surface area (Å²) in [6.45, 7) is 0. The van der Waals surface area contributed by atoms with Crippen molar-refractivity contribution < 1.29 is 0 Å². The van der Waals surface area contributed by atoms with E-state index in [4.69, 9.17) is 4.98 Å². The fourth-order valence-electron chi connectivity index (χ4n) is 10.8. The van der Waals surface area contributed by atoms with Gasteiger partial charge in [-0.25, -0.2) is 4.98 Å². The number of hydrogen-bond donors (Lipinski definition) is 0. The van der Waals surface area contributed by atoms with Crippen molar-refractivity contribution in [1.29, 1.82) is 0 Å². The Bertz CT molecular complexity index is 3790. The molecule has 0 N–H and O–H groups in total. The van der Waals surface area contributed by atoms with Crippen molar-refractivity contribution in [3.8, 4) is 11.4 Å². The first-order chi connectivity index (χ1) is 31.3. The molecule has 9 aromatic carbocycles. The third-order valence-corrected chi connectivity index (χ3v) is 18.2. The topological polar surface area (TPSA) is 35.6 Å². The highest BCUT2D eigenvalue weighted by Crippen LogP contribution is 2.38. The number of aromatic nitrogens is 4. The van der Waals surface area contributed by atoms with Crippen molar-refractivity contribution in [2.24, 2.45) is 0 Å². The van der Waals surface area contributed by atoms with Gasteiger partial charge in [0, 0.05) is 56.9 Å². The first kappa shape index (κ1) is 35.6. The van der Waals surface area contributed by atoms with Gasteiger partial charge >= 0.3 is 0 Å². The van der Waals surface area contributed by atoms with E-state index in [1.807, 2.05) is 24.7 Å². The average molecular weight is 819 g/mol. The Morgan fingerprint density at radius 1 is 0.333 bits per heavy atom. The lowest BCUT2D eigenvalue weighted by molar-refractivity contribution is 1.13. The molecule has 5 heteroatoms. The third-order valence-electron chi connectivity index (χ3n) is 13.4. The van der Waals surface area contributed by atoms with Crippen molar-refractivity contribution in [3.05, 3.63) is 231 Å². The summed E-state index contributed by atoms with van der Waals surface area (Å²) in [5.74, 6) is 0. The number of nitrogens with zero attached hydrogens (tertiary/aromatic N) is 4. The van der Waals surface area contributed by atoms with Crippen molar-refractivity contribution >= 4 is 105 Å². The van der Waals surface area contributed by atoms with Crippen LogP contribution in [-0.4, -0.2) is 27.2 Å². The van der Waals surface area contributed by atoms with Gasteiger partial charge in [0.15, 0.2) is 8.07 Å². The Hall–Kier alpha value is -8.12. The predicted molar refractivity (Wildman–Crippen MR) is 267 cm³/mol. The van der Waals surface area contributed by atoms with Crippen LogP contribution >= 0.6 is 0 Å². The molecule has 0 saturated heterocycles. The quantitative estimate of drug-likeness (QED) is 0.0952. The second kappa shape index (κ2) is 14.0. The molecular weight excluding hydrogens is 781 g/mol. The van der Waals surface area contributed by atoms with E-state index in [1.54, 1.807) is 0 Å². The van der Waals surface area contributed by atoms with Gasteiger partial charge in [0.2, 0.25) is 0 Å². The zero-order valence-electron chi connectivity index (χ0n) is 34.2. The first-order valence-electron chi connectivity index (χ1n) is 21.6. The van der Waals surface area contributed by atoms with Crippen LogP contribution in [-0.2, 0) is 0 Å². The molecule has 0 aliphatic carbocycles. The molecule has 0 unspecified atom stereocenters. The fourth-order valence-corrected chi connectivity index (χ4v) is 15.8. The van der Waals surface area contributed by atoms with E-state index in [2.05, 4.69) is 220 Å². The van der Waals surface area contributed by atoms with Gasteiger partial charge < -0.3 is 4.57 Å². The van der Waals surface area contributed by atoms with Crippen LogP contribution in [0.3, 0.4) is 0 Å². The Balaban J connectivity index is 1.11. The van der Waals surface area contributed by atoms with Crippen molar-refractivity contribution in [2.75, 3.05) is 0 Å². The number of hydrogen-bond acceptors (Lipinski definition) is 2. The van der Waals surface area contributed by atoms with Crippen molar-refractivity contribution in [3.63, 3.8) is 0 Å². The van der Waals surface area contributed by atoms with E-state index >= 15 is 0 Å². The molecular formula is C58H38N4Si. The summed E-state index contributed by atoms with van der Waals surface area (Å²) in [5, 5.41) is 17.5. The van der Waals surface area contributed by atoms with Crippen LogP contribution in [0.5, 0.6) is 0 Å². The van der Waals surface area contributed by atoms with Gasteiger partial charge in [0.25, 0.3) is 0 Å². The minimum Gasteiger partial charge on any atom is -0.309 e. The van der Waals surface area contributed by atoms with E-state index in [1.165, 1.54) is 74.7 Å². The van der Waals surface area contributed by atoms with E-state index in [-0.39, 0.29) is 0 Å². The highest BCUT2D eigenvalue weighted by atomic mass is 28.3. The summed E-state index contributed by atoms with van der Waals surface area (Å²) in [5.41, 5.74) is 6.67. The molecule has 0 aliphatic heterocycles. The monoisotopic (exact) mass is 818 g/mol. The zero-order valence-corrected chi connectivity index (χ0v) is 35.2. The Labute approximate surface area is 364 Å². The Kier molecular flexibility index (Phi) is 7.89. The number of pyridine rings is 2. The van der Waals surface area contributed by atoms with E-state index in [0.29, 0.717) is 0 Å². The molecule has 0 spiro atoms. The average Bonchev–Trinajstić information content (AvgIpc) is 3.88. The summed E-state index contributed by atoms with van der Waals surface area (Å²) < 4.78 is 4.78. The minimum atomic E-state index is -3.09. The number of benzene rings is 9. The maximum Gasteiger partial charge on any atom is 0.180 e. The van der Waals surface area contributed by atoms with Crippen LogP contribution < -0.4 is 20.7 Å². The van der Waals surface area contributed by atoms with Gasteiger partial charge in [-0.3, -0.25) is 9.55 Å². The maximum absolute atomic E-state index is 4.91. The minimum absolute atomic E-state index is 0.961.